The molecule has 2 heterocycles. The van der Waals surface area contributed by atoms with E-state index in [1.165, 1.54) is 12.1 Å². The van der Waals surface area contributed by atoms with Crippen molar-refractivity contribution in [3.8, 4) is 0 Å². The molecule has 1 N–H and O–H groups in total. The smallest absolute Gasteiger partial charge is 0.228 e. The fourth-order valence-electron chi connectivity index (χ4n) is 4.18. The molecule has 2 aromatic rings. The minimum absolute atomic E-state index is 0.0574. The Morgan fingerprint density at radius 1 is 1.11 bits per heavy atom. The van der Waals surface area contributed by atoms with E-state index >= 15 is 0 Å². The fraction of sp³-hybridized carbons (Fsp3) is 0.381. The van der Waals surface area contributed by atoms with Crippen molar-refractivity contribution in [2.24, 2.45) is 0 Å². The second-order valence-corrected chi connectivity index (χ2v) is 9.47. The van der Waals surface area contributed by atoms with Crippen molar-refractivity contribution in [2.45, 2.75) is 35.6 Å². The van der Waals surface area contributed by atoms with Crippen molar-refractivity contribution in [3.63, 3.8) is 0 Å². The molecule has 0 spiro atoms. The van der Waals surface area contributed by atoms with E-state index in [1.807, 2.05) is 6.07 Å². The predicted octanol–water partition coefficient (Wildman–Crippen LogP) is 2.91. The minimum atomic E-state index is -3.36. The van der Waals surface area contributed by atoms with Crippen LogP contribution in [0.5, 0.6) is 0 Å². The van der Waals surface area contributed by atoms with Crippen molar-refractivity contribution < 1.29 is 22.3 Å². The number of benzene rings is 2. The lowest BCUT2D eigenvalue weighted by Crippen LogP contribution is -2.51. The van der Waals surface area contributed by atoms with Gasteiger partial charge in [0.1, 0.15) is 5.82 Å². The number of amides is 1. The van der Waals surface area contributed by atoms with Crippen LogP contribution in [0.4, 0.5) is 4.39 Å². The molecule has 4 rings (SSSR count). The molecule has 0 saturated carbocycles. The number of hydrogen-bond acceptors (Lipinski definition) is 4. The lowest BCUT2D eigenvalue weighted by atomic mass is 9.81. The third-order valence-electron chi connectivity index (χ3n) is 5.71. The van der Waals surface area contributed by atoms with Crippen LogP contribution < -0.4 is 5.32 Å². The number of rotatable bonds is 3. The second-order valence-electron chi connectivity index (χ2n) is 7.39. The molecule has 0 bridgehead atoms. The molecule has 1 saturated heterocycles. The average Bonchev–Trinajstić information content (AvgIpc) is 2.69. The highest BCUT2D eigenvalue weighted by Gasteiger charge is 2.40. The molecular formula is C21H22FNO4S. The van der Waals surface area contributed by atoms with Crippen LogP contribution in [-0.2, 0) is 24.9 Å². The zero-order valence-corrected chi connectivity index (χ0v) is 16.2. The lowest BCUT2D eigenvalue weighted by Gasteiger charge is -2.40. The summed E-state index contributed by atoms with van der Waals surface area (Å²) in [6.45, 7) is 0.929. The topological polar surface area (TPSA) is 72.5 Å². The SMILES string of the molecule is O=C(NC1(c2cccc(F)c2)CCOCC1)C1CCS(=O)(=O)c2ccccc21. The molecule has 2 aromatic carbocycles. The van der Waals surface area contributed by atoms with E-state index in [1.54, 1.807) is 30.3 Å². The summed E-state index contributed by atoms with van der Waals surface area (Å²) < 4.78 is 44.0. The quantitative estimate of drug-likeness (QED) is 0.855. The van der Waals surface area contributed by atoms with Crippen molar-refractivity contribution in [1.29, 1.82) is 0 Å². The van der Waals surface area contributed by atoms with E-state index in [4.69, 9.17) is 4.74 Å². The van der Waals surface area contributed by atoms with Gasteiger partial charge >= 0.3 is 0 Å². The first-order chi connectivity index (χ1) is 13.4. The molecule has 1 unspecified atom stereocenters. The van der Waals surface area contributed by atoms with Crippen molar-refractivity contribution in [1.82, 2.24) is 5.32 Å². The number of nitrogens with one attached hydrogen (secondary N) is 1. The first-order valence-electron chi connectivity index (χ1n) is 9.39. The average molecular weight is 403 g/mol. The standard InChI is InChI=1S/C21H22FNO4S/c22-16-5-3-4-15(14-16)21(9-11-27-12-10-21)23-20(24)18-8-13-28(25,26)19-7-2-1-6-17(18)19/h1-7,14,18H,8-13H2,(H,23,24). The Hall–Kier alpha value is -2.25. The van der Waals surface area contributed by atoms with Crippen LogP contribution in [0.25, 0.3) is 0 Å². The highest BCUT2D eigenvalue weighted by atomic mass is 32.2. The number of fused-ring (bicyclic) bond motifs is 1. The third kappa shape index (κ3) is 3.44. The maximum atomic E-state index is 13.9. The Kier molecular flexibility index (Phi) is 4.97. The number of sulfone groups is 1. The van der Waals surface area contributed by atoms with Gasteiger partial charge in [-0.25, -0.2) is 12.8 Å². The highest BCUT2D eigenvalue weighted by molar-refractivity contribution is 7.91. The van der Waals surface area contributed by atoms with Gasteiger partial charge in [-0.15, -0.1) is 0 Å². The van der Waals surface area contributed by atoms with Crippen molar-refractivity contribution in [3.05, 3.63) is 65.5 Å². The lowest BCUT2D eigenvalue weighted by molar-refractivity contribution is -0.126. The van der Waals surface area contributed by atoms with Gasteiger partial charge in [-0.3, -0.25) is 4.79 Å². The zero-order valence-electron chi connectivity index (χ0n) is 15.4. The Labute approximate surface area is 163 Å². The molecule has 1 amide bonds. The first-order valence-corrected chi connectivity index (χ1v) is 11.0. The molecule has 5 nitrogen and oxygen atoms in total. The molecule has 1 fully saturated rings. The van der Waals surface area contributed by atoms with E-state index in [2.05, 4.69) is 5.32 Å². The van der Waals surface area contributed by atoms with Crippen LogP contribution in [0.15, 0.2) is 53.4 Å². The molecule has 0 aromatic heterocycles. The molecule has 2 aliphatic rings. The summed E-state index contributed by atoms with van der Waals surface area (Å²) in [5.41, 5.74) is 0.524. The van der Waals surface area contributed by atoms with E-state index < -0.39 is 21.3 Å². The maximum Gasteiger partial charge on any atom is 0.228 e. The maximum absolute atomic E-state index is 13.9. The monoisotopic (exact) mass is 403 g/mol. The molecular weight excluding hydrogens is 381 g/mol. The summed E-state index contributed by atoms with van der Waals surface area (Å²) in [4.78, 5) is 13.5. The number of carbonyl (C=O) groups is 1. The molecule has 1 atom stereocenters. The number of halogens is 1. The summed E-state index contributed by atoms with van der Waals surface area (Å²) in [6.07, 6.45) is 1.31. The van der Waals surface area contributed by atoms with Gasteiger partial charge in [0, 0.05) is 13.2 Å². The summed E-state index contributed by atoms with van der Waals surface area (Å²) in [6, 6.07) is 13.0. The molecule has 0 aliphatic carbocycles. The van der Waals surface area contributed by atoms with E-state index in [0.29, 0.717) is 37.2 Å². The minimum Gasteiger partial charge on any atom is -0.381 e. The van der Waals surface area contributed by atoms with Gasteiger partial charge in [-0.1, -0.05) is 30.3 Å². The first kappa shape index (κ1) is 19.1. The van der Waals surface area contributed by atoms with E-state index in [-0.39, 0.29) is 28.8 Å². The van der Waals surface area contributed by atoms with Gasteiger partial charge < -0.3 is 10.1 Å². The van der Waals surface area contributed by atoms with E-state index in [9.17, 15) is 17.6 Å². The van der Waals surface area contributed by atoms with Gasteiger partial charge in [0.25, 0.3) is 0 Å². The molecule has 148 valence electrons. The normalized spacial score (nSPS) is 22.8. The largest absolute Gasteiger partial charge is 0.381 e. The van der Waals surface area contributed by atoms with Crippen LogP contribution >= 0.6 is 0 Å². The molecule has 0 radical (unpaired) electrons. The van der Waals surface area contributed by atoms with Gasteiger partial charge in [0.2, 0.25) is 5.91 Å². The molecule has 7 heteroatoms. The van der Waals surface area contributed by atoms with Gasteiger partial charge in [-0.05, 0) is 48.6 Å². The van der Waals surface area contributed by atoms with Crippen LogP contribution in [0.2, 0.25) is 0 Å². The fourth-order valence-corrected chi connectivity index (χ4v) is 5.80. The molecule has 28 heavy (non-hydrogen) atoms. The van der Waals surface area contributed by atoms with Crippen molar-refractivity contribution >= 4 is 15.7 Å². The van der Waals surface area contributed by atoms with Crippen LogP contribution in [-0.4, -0.2) is 33.3 Å². The van der Waals surface area contributed by atoms with Gasteiger partial charge in [0.15, 0.2) is 9.84 Å². The third-order valence-corrected chi connectivity index (χ3v) is 7.52. The molecule has 2 aliphatic heterocycles. The zero-order chi connectivity index (χ0) is 19.8. The Balaban J connectivity index is 1.68. The second kappa shape index (κ2) is 7.29. The van der Waals surface area contributed by atoms with Crippen LogP contribution in [0.3, 0.4) is 0 Å². The predicted molar refractivity (Wildman–Crippen MR) is 102 cm³/mol. The highest BCUT2D eigenvalue weighted by Crippen LogP contribution is 2.37. The van der Waals surface area contributed by atoms with Gasteiger partial charge in [0.05, 0.1) is 22.1 Å². The summed E-state index contributed by atoms with van der Waals surface area (Å²) in [5, 5.41) is 3.13. The summed E-state index contributed by atoms with van der Waals surface area (Å²) in [5.74, 6) is -1.19. The summed E-state index contributed by atoms with van der Waals surface area (Å²) >= 11 is 0. The number of hydrogen-bond donors (Lipinski definition) is 1. The van der Waals surface area contributed by atoms with Crippen molar-refractivity contribution in [2.75, 3.05) is 19.0 Å². The van der Waals surface area contributed by atoms with Gasteiger partial charge in [-0.2, -0.15) is 0 Å². The number of carbonyl (C=O) groups excluding carboxylic acids is 1. The number of ether oxygens (including phenoxy) is 1. The van der Waals surface area contributed by atoms with Crippen LogP contribution in [0, 0.1) is 5.82 Å². The van der Waals surface area contributed by atoms with E-state index in [0.717, 1.165) is 0 Å². The van der Waals surface area contributed by atoms with Crippen LogP contribution in [0.1, 0.15) is 36.3 Å². The Bertz CT molecular complexity index is 999. The Morgan fingerprint density at radius 3 is 2.61 bits per heavy atom. The Morgan fingerprint density at radius 2 is 1.86 bits per heavy atom. The summed E-state index contributed by atoms with van der Waals surface area (Å²) in [7, 11) is -3.36.